The van der Waals surface area contributed by atoms with Gasteiger partial charge in [0.1, 0.15) is 0 Å². The Morgan fingerprint density at radius 1 is 0.627 bits per heavy atom. The van der Waals surface area contributed by atoms with Gasteiger partial charge < -0.3 is 21.1 Å². The molecule has 0 bridgehead atoms. The lowest BCUT2D eigenvalue weighted by Crippen LogP contribution is -2.45. The van der Waals surface area contributed by atoms with E-state index in [2.05, 4.69) is 43.5 Å². The first kappa shape index (κ1) is 49.7. The van der Waals surface area contributed by atoms with Gasteiger partial charge in [-0.2, -0.15) is 0 Å². The number of carbonyl (C=O) groups excluding carboxylic acids is 1. The van der Waals surface area contributed by atoms with Gasteiger partial charge >= 0.3 is 7.82 Å². The van der Waals surface area contributed by atoms with Gasteiger partial charge in [-0.15, -0.1) is 0 Å². The van der Waals surface area contributed by atoms with Crippen molar-refractivity contribution < 1.29 is 28.4 Å². The van der Waals surface area contributed by atoms with Gasteiger partial charge in [0, 0.05) is 13.0 Å². The molecule has 300 valence electrons. The van der Waals surface area contributed by atoms with Crippen LogP contribution in [0.5, 0.6) is 0 Å². The Hall–Kier alpha value is -1.28. The van der Waals surface area contributed by atoms with Crippen LogP contribution in [0.4, 0.5) is 0 Å². The third kappa shape index (κ3) is 36.9. The molecule has 0 saturated carbocycles. The number of nitrogens with one attached hydrogen (secondary N) is 1. The predicted octanol–water partition coefficient (Wildman–Crippen LogP) is 11.6. The van der Waals surface area contributed by atoms with E-state index in [1.165, 1.54) is 109 Å². The van der Waals surface area contributed by atoms with Crippen LogP contribution in [-0.4, -0.2) is 47.8 Å². The largest absolute Gasteiger partial charge is 0.472 e. The number of aliphatic hydroxyl groups is 1. The lowest BCUT2D eigenvalue weighted by molar-refractivity contribution is -0.123. The SMILES string of the molecule is CCCC/C=C\CCCCCCCC(=O)NC(COP(=O)(O)OCCN)C(O)/C=C/CC/C=C/CCCCCCCCCCCCCCCCC. The Bertz CT molecular complexity index is 897. The number of hydrogen-bond acceptors (Lipinski definition) is 6. The summed E-state index contributed by atoms with van der Waals surface area (Å²) in [5.74, 6) is -0.215. The zero-order valence-electron chi connectivity index (χ0n) is 33.1. The van der Waals surface area contributed by atoms with E-state index in [0.717, 1.165) is 64.2 Å². The van der Waals surface area contributed by atoms with Crippen molar-refractivity contribution in [1.82, 2.24) is 5.32 Å². The van der Waals surface area contributed by atoms with Crippen LogP contribution in [0, 0.1) is 0 Å². The number of amides is 1. The number of phosphoric ester groups is 1. The molecule has 0 spiro atoms. The highest BCUT2D eigenvalue weighted by Gasteiger charge is 2.26. The van der Waals surface area contributed by atoms with Crippen molar-refractivity contribution in [2.75, 3.05) is 19.8 Å². The quantitative estimate of drug-likeness (QED) is 0.0280. The van der Waals surface area contributed by atoms with E-state index >= 15 is 0 Å². The average Bonchev–Trinajstić information content (AvgIpc) is 3.12. The van der Waals surface area contributed by atoms with Gasteiger partial charge in [-0.1, -0.05) is 172 Å². The molecule has 0 rings (SSSR count). The van der Waals surface area contributed by atoms with E-state index in [1.807, 2.05) is 6.08 Å². The van der Waals surface area contributed by atoms with Crippen molar-refractivity contribution >= 4 is 13.7 Å². The average molecular weight is 741 g/mol. The summed E-state index contributed by atoms with van der Waals surface area (Å²) in [6.45, 7) is 4.06. The van der Waals surface area contributed by atoms with Gasteiger partial charge in [0.15, 0.2) is 0 Å². The number of hydrogen-bond donors (Lipinski definition) is 4. The van der Waals surface area contributed by atoms with Crippen molar-refractivity contribution in [3.8, 4) is 0 Å². The summed E-state index contributed by atoms with van der Waals surface area (Å²) in [6.07, 6.45) is 44.9. The summed E-state index contributed by atoms with van der Waals surface area (Å²) < 4.78 is 22.0. The summed E-state index contributed by atoms with van der Waals surface area (Å²) >= 11 is 0. The topological polar surface area (TPSA) is 131 Å². The van der Waals surface area contributed by atoms with Gasteiger partial charge in [0.2, 0.25) is 5.91 Å². The highest BCUT2D eigenvalue weighted by Crippen LogP contribution is 2.43. The van der Waals surface area contributed by atoms with Crippen molar-refractivity contribution in [1.29, 1.82) is 0 Å². The van der Waals surface area contributed by atoms with Crippen LogP contribution in [0.2, 0.25) is 0 Å². The normalized spacial score (nSPS) is 14.5. The van der Waals surface area contributed by atoms with Gasteiger partial charge in [0.05, 0.1) is 25.4 Å². The van der Waals surface area contributed by atoms with Gasteiger partial charge in [-0.25, -0.2) is 4.57 Å². The molecule has 0 aromatic heterocycles. The molecule has 51 heavy (non-hydrogen) atoms. The number of phosphoric acid groups is 1. The maximum atomic E-state index is 12.7. The van der Waals surface area contributed by atoms with Crippen molar-refractivity contribution in [2.45, 2.75) is 206 Å². The fraction of sp³-hybridized carbons (Fsp3) is 0.833. The van der Waals surface area contributed by atoms with Crippen LogP contribution in [0.25, 0.3) is 0 Å². The van der Waals surface area contributed by atoms with Crippen LogP contribution in [0.3, 0.4) is 0 Å². The molecule has 0 aliphatic heterocycles. The monoisotopic (exact) mass is 741 g/mol. The number of allylic oxidation sites excluding steroid dienone is 5. The molecule has 0 fully saturated rings. The molecule has 3 unspecified atom stereocenters. The zero-order valence-corrected chi connectivity index (χ0v) is 34.0. The second-order valence-electron chi connectivity index (χ2n) is 14.2. The Labute approximate surface area is 314 Å². The predicted molar refractivity (Wildman–Crippen MR) is 217 cm³/mol. The van der Waals surface area contributed by atoms with Crippen LogP contribution >= 0.6 is 7.82 Å². The molecule has 1 amide bonds. The molecule has 0 saturated heterocycles. The maximum absolute atomic E-state index is 12.7. The van der Waals surface area contributed by atoms with Crippen molar-refractivity contribution in [3.05, 3.63) is 36.5 Å². The van der Waals surface area contributed by atoms with E-state index in [4.69, 9.17) is 14.8 Å². The Morgan fingerprint density at radius 2 is 1.06 bits per heavy atom. The lowest BCUT2D eigenvalue weighted by atomic mass is 10.0. The van der Waals surface area contributed by atoms with E-state index < -0.39 is 20.0 Å². The number of aliphatic hydroxyl groups excluding tert-OH is 1. The second-order valence-corrected chi connectivity index (χ2v) is 15.6. The highest BCUT2D eigenvalue weighted by molar-refractivity contribution is 7.47. The van der Waals surface area contributed by atoms with Crippen LogP contribution < -0.4 is 11.1 Å². The third-order valence-corrected chi connectivity index (χ3v) is 10.2. The molecule has 8 nitrogen and oxygen atoms in total. The van der Waals surface area contributed by atoms with E-state index in [-0.39, 0.29) is 25.7 Å². The number of rotatable bonds is 39. The summed E-state index contributed by atoms with van der Waals surface area (Å²) in [6, 6.07) is -0.879. The molecule has 0 radical (unpaired) electrons. The molecule has 9 heteroatoms. The Balaban J connectivity index is 4.23. The maximum Gasteiger partial charge on any atom is 0.472 e. The van der Waals surface area contributed by atoms with Gasteiger partial charge in [-0.05, 0) is 51.4 Å². The number of carbonyl (C=O) groups is 1. The van der Waals surface area contributed by atoms with Gasteiger partial charge in [-0.3, -0.25) is 13.8 Å². The molecule has 0 aliphatic rings. The fourth-order valence-corrected chi connectivity index (χ4v) is 6.71. The smallest absolute Gasteiger partial charge is 0.387 e. The first-order chi connectivity index (χ1) is 24.9. The van der Waals surface area contributed by atoms with E-state index in [9.17, 15) is 19.4 Å². The van der Waals surface area contributed by atoms with E-state index in [1.54, 1.807) is 6.08 Å². The minimum atomic E-state index is -4.34. The summed E-state index contributed by atoms with van der Waals surface area (Å²) in [5, 5.41) is 13.6. The number of nitrogens with two attached hydrogens (primary N) is 1. The van der Waals surface area contributed by atoms with E-state index in [0.29, 0.717) is 6.42 Å². The third-order valence-electron chi connectivity index (χ3n) is 9.19. The molecule has 0 aromatic carbocycles. The standard InChI is InChI=1S/C42H81N2O6P/c1-3-5-7-9-11-13-15-16-17-18-19-20-21-22-23-24-26-27-29-31-33-35-41(45)40(39-50-51(47,48)49-38-37-43)44-42(46)36-34-32-30-28-25-14-12-10-8-6-4-2/h10,12,26-27,33,35,40-41,45H,3-9,11,13-25,28-32,34,36-39,43H2,1-2H3,(H,44,46)(H,47,48)/b12-10-,27-26+,35-33+. The minimum Gasteiger partial charge on any atom is -0.387 e. The minimum absolute atomic E-state index is 0.0724. The van der Waals surface area contributed by atoms with Crippen LogP contribution in [0.1, 0.15) is 194 Å². The van der Waals surface area contributed by atoms with Crippen molar-refractivity contribution in [3.63, 3.8) is 0 Å². The molecule has 0 heterocycles. The van der Waals surface area contributed by atoms with Gasteiger partial charge in [0.25, 0.3) is 0 Å². The van der Waals surface area contributed by atoms with Crippen LogP contribution in [0.15, 0.2) is 36.5 Å². The second kappa shape index (κ2) is 38.4. The zero-order chi connectivity index (χ0) is 37.5. The summed E-state index contributed by atoms with van der Waals surface area (Å²) in [7, 11) is -4.34. The highest BCUT2D eigenvalue weighted by atomic mass is 31.2. The molecular formula is C42H81N2O6P. The molecule has 0 aliphatic carbocycles. The first-order valence-corrected chi connectivity index (χ1v) is 22.6. The fourth-order valence-electron chi connectivity index (χ4n) is 5.95. The lowest BCUT2D eigenvalue weighted by Gasteiger charge is -2.23. The van der Waals surface area contributed by atoms with Crippen LogP contribution in [-0.2, 0) is 18.4 Å². The van der Waals surface area contributed by atoms with Crippen molar-refractivity contribution in [2.24, 2.45) is 5.73 Å². The summed E-state index contributed by atoms with van der Waals surface area (Å²) in [5.41, 5.74) is 5.36. The Morgan fingerprint density at radius 3 is 1.57 bits per heavy atom. The molecular weight excluding hydrogens is 659 g/mol. The molecule has 0 aromatic rings. The summed E-state index contributed by atoms with van der Waals surface area (Å²) in [4.78, 5) is 22.6. The molecule has 3 atom stereocenters. The number of unbranched alkanes of at least 4 members (excludes halogenated alkanes) is 23. The molecule has 5 N–H and O–H groups in total. The first-order valence-electron chi connectivity index (χ1n) is 21.1. The Kier molecular flexibility index (Phi) is 37.5.